The lowest BCUT2D eigenvalue weighted by atomic mass is 10.1. The SMILES string of the molecule is Cc1nn(-c2cccc(C(F)(F)F)c2)c(C)c1C(=O)C(=O)Nc1cccc(NS(C)(=O)=O)c1. The number of nitrogens with zero attached hydrogens (tertiary/aromatic N) is 2. The zero-order chi connectivity index (χ0) is 24.6. The van der Waals surface area contributed by atoms with Crippen molar-refractivity contribution in [3.05, 3.63) is 71.0 Å². The summed E-state index contributed by atoms with van der Waals surface area (Å²) in [5, 5.41) is 6.53. The van der Waals surface area contributed by atoms with Gasteiger partial charge in [0.1, 0.15) is 0 Å². The van der Waals surface area contributed by atoms with Gasteiger partial charge in [0, 0.05) is 5.69 Å². The predicted molar refractivity (Wildman–Crippen MR) is 116 cm³/mol. The van der Waals surface area contributed by atoms with Gasteiger partial charge in [-0.05, 0) is 50.2 Å². The van der Waals surface area contributed by atoms with Gasteiger partial charge in [0.25, 0.3) is 11.7 Å². The minimum Gasteiger partial charge on any atom is -0.319 e. The molecular formula is C21H19F3N4O4S. The Hall–Kier alpha value is -3.67. The van der Waals surface area contributed by atoms with E-state index in [0.29, 0.717) is 0 Å². The molecule has 0 atom stereocenters. The Balaban J connectivity index is 1.88. The molecule has 3 rings (SSSR count). The van der Waals surface area contributed by atoms with Gasteiger partial charge in [-0.25, -0.2) is 13.1 Å². The summed E-state index contributed by atoms with van der Waals surface area (Å²) in [4.78, 5) is 25.4. The van der Waals surface area contributed by atoms with Crippen LogP contribution in [0.3, 0.4) is 0 Å². The smallest absolute Gasteiger partial charge is 0.319 e. The highest BCUT2D eigenvalue weighted by molar-refractivity contribution is 7.92. The molecule has 0 aliphatic carbocycles. The quantitative estimate of drug-likeness (QED) is 0.413. The number of alkyl halides is 3. The monoisotopic (exact) mass is 480 g/mol. The van der Waals surface area contributed by atoms with Crippen molar-refractivity contribution in [2.75, 3.05) is 16.3 Å². The molecule has 0 saturated heterocycles. The first-order valence-electron chi connectivity index (χ1n) is 9.43. The first-order valence-corrected chi connectivity index (χ1v) is 11.3. The highest BCUT2D eigenvalue weighted by Gasteiger charge is 2.31. The fourth-order valence-electron chi connectivity index (χ4n) is 3.21. The third-order valence-corrected chi connectivity index (χ3v) is 5.17. The second-order valence-corrected chi connectivity index (χ2v) is 8.99. The molecule has 12 heteroatoms. The van der Waals surface area contributed by atoms with Crippen LogP contribution in [0.1, 0.15) is 27.3 Å². The molecule has 0 aliphatic rings. The standard InChI is InChI=1S/C21H19F3N4O4S/c1-12-18(13(2)28(26-12)17-9-4-6-14(10-17)21(22,23)24)19(29)20(30)25-15-7-5-8-16(11-15)27-33(3,31)32/h4-11,27H,1-3H3,(H,25,30). The maximum Gasteiger partial charge on any atom is 0.416 e. The second kappa shape index (κ2) is 8.70. The van der Waals surface area contributed by atoms with E-state index in [0.717, 1.165) is 18.4 Å². The van der Waals surface area contributed by atoms with Crippen molar-refractivity contribution in [2.45, 2.75) is 20.0 Å². The van der Waals surface area contributed by atoms with Crippen molar-refractivity contribution in [1.29, 1.82) is 0 Å². The summed E-state index contributed by atoms with van der Waals surface area (Å²) in [6.07, 6.45) is -3.58. The third-order valence-electron chi connectivity index (χ3n) is 4.57. The fraction of sp³-hybridized carbons (Fsp3) is 0.190. The van der Waals surface area contributed by atoms with Crippen LogP contribution in [0, 0.1) is 13.8 Å². The Morgan fingerprint density at radius 3 is 2.27 bits per heavy atom. The van der Waals surface area contributed by atoms with Crippen molar-refractivity contribution in [3.8, 4) is 5.69 Å². The maximum absolute atomic E-state index is 13.1. The highest BCUT2D eigenvalue weighted by Crippen LogP contribution is 2.31. The number of aryl methyl sites for hydroxylation is 1. The van der Waals surface area contributed by atoms with E-state index in [2.05, 4.69) is 15.1 Å². The van der Waals surface area contributed by atoms with Gasteiger partial charge >= 0.3 is 6.18 Å². The number of hydrogen-bond donors (Lipinski definition) is 2. The van der Waals surface area contributed by atoms with Crippen molar-refractivity contribution in [2.24, 2.45) is 0 Å². The zero-order valence-corrected chi connectivity index (χ0v) is 18.5. The van der Waals surface area contributed by atoms with Crippen LogP contribution in [0.2, 0.25) is 0 Å². The van der Waals surface area contributed by atoms with E-state index in [-0.39, 0.29) is 34.0 Å². The predicted octanol–water partition coefficient (Wildman–Crippen LogP) is 3.70. The van der Waals surface area contributed by atoms with Gasteiger partial charge in [0.15, 0.2) is 0 Å². The number of halogens is 3. The van der Waals surface area contributed by atoms with E-state index in [1.54, 1.807) is 0 Å². The van der Waals surface area contributed by atoms with E-state index in [9.17, 15) is 31.2 Å². The van der Waals surface area contributed by atoms with Crippen molar-refractivity contribution < 1.29 is 31.2 Å². The van der Waals surface area contributed by atoms with Crippen LogP contribution in [0.4, 0.5) is 24.5 Å². The second-order valence-electron chi connectivity index (χ2n) is 7.24. The largest absolute Gasteiger partial charge is 0.416 e. The number of carbonyl (C=O) groups excluding carboxylic acids is 2. The van der Waals surface area contributed by atoms with E-state index in [4.69, 9.17) is 0 Å². The van der Waals surface area contributed by atoms with Crippen LogP contribution < -0.4 is 10.0 Å². The summed E-state index contributed by atoms with van der Waals surface area (Å²) in [6.45, 7) is 2.94. The van der Waals surface area contributed by atoms with Crippen molar-refractivity contribution in [1.82, 2.24) is 9.78 Å². The molecule has 3 aromatic rings. The van der Waals surface area contributed by atoms with E-state index in [1.165, 1.54) is 54.9 Å². The number of nitrogens with one attached hydrogen (secondary N) is 2. The lowest BCUT2D eigenvalue weighted by molar-refractivity contribution is -0.137. The third kappa shape index (κ3) is 5.58. The summed E-state index contributed by atoms with van der Waals surface area (Å²) in [6, 6.07) is 10.2. The average Bonchev–Trinajstić information content (AvgIpc) is 3.00. The molecule has 0 spiro atoms. The molecule has 174 valence electrons. The van der Waals surface area contributed by atoms with Crippen molar-refractivity contribution >= 4 is 33.1 Å². The van der Waals surface area contributed by atoms with Crippen LogP contribution >= 0.6 is 0 Å². The number of aromatic nitrogens is 2. The highest BCUT2D eigenvalue weighted by atomic mass is 32.2. The summed E-state index contributed by atoms with van der Waals surface area (Å²) in [5.41, 5.74) is -0.118. The summed E-state index contributed by atoms with van der Waals surface area (Å²) >= 11 is 0. The molecule has 1 heterocycles. The molecular weight excluding hydrogens is 461 g/mol. The average molecular weight is 480 g/mol. The Kier molecular flexibility index (Phi) is 6.32. The van der Waals surface area contributed by atoms with Crippen LogP contribution in [0.15, 0.2) is 48.5 Å². The topological polar surface area (TPSA) is 110 Å². The van der Waals surface area contributed by atoms with E-state index in [1.807, 2.05) is 0 Å². The summed E-state index contributed by atoms with van der Waals surface area (Å²) in [5.74, 6) is -1.95. The Bertz CT molecular complexity index is 1350. The lowest BCUT2D eigenvalue weighted by Gasteiger charge is -2.10. The van der Waals surface area contributed by atoms with Gasteiger partial charge in [-0.1, -0.05) is 12.1 Å². The van der Waals surface area contributed by atoms with Gasteiger partial charge in [-0.15, -0.1) is 0 Å². The minimum atomic E-state index is -4.55. The van der Waals surface area contributed by atoms with Gasteiger partial charge < -0.3 is 5.32 Å². The molecule has 0 fully saturated rings. The number of amides is 1. The number of ketones is 1. The molecule has 0 radical (unpaired) electrons. The molecule has 2 aromatic carbocycles. The fourth-order valence-corrected chi connectivity index (χ4v) is 3.77. The van der Waals surface area contributed by atoms with E-state index >= 15 is 0 Å². The van der Waals surface area contributed by atoms with Crippen molar-refractivity contribution in [3.63, 3.8) is 0 Å². The molecule has 2 N–H and O–H groups in total. The zero-order valence-electron chi connectivity index (χ0n) is 17.7. The molecule has 1 aromatic heterocycles. The minimum absolute atomic E-state index is 0.0460. The van der Waals surface area contributed by atoms with Crippen LogP contribution in [-0.2, 0) is 21.0 Å². The molecule has 33 heavy (non-hydrogen) atoms. The number of rotatable bonds is 6. The molecule has 8 nitrogen and oxygen atoms in total. The van der Waals surface area contributed by atoms with Crippen LogP contribution in [-0.4, -0.2) is 36.1 Å². The Labute approximate surface area is 187 Å². The number of anilines is 2. The normalized spacial score (nSPS) is 11.8. The number of hydrogen-bond acceptors (Lipinski definition) is 5. The van der Waals surface area contributed by atoms with Gasteiger partial charge in [0.2, 0.25) is 10.0 Å². The number of carbonyl (C=O) groups is 2. The van der Waals surface area contributed by atoms with E-state index < -0.39 is 33.5 Å². The first kappa shape index (κ1) is 24.0. The van der Waals surface area contributed by atoms with Gasteiger partial charge in [-0.3, -0.25) is 14.3 Å². The van der Waals surface area contributed by atoms with Gasteiger partial charge in [-0.2, -0.15) is 18.3 Å². The molecule has 0 saturated carbocycles. The van der Waals surface area contributed by atoms with Gasteiger partial charge in [0.05, 0.1) is 40.1 Å². The first-order chi connectivity index (χ1) is 15.3. The molecule has 1 amide bonds. The Morgan fingerprint density at radius 1 is 1.00 bits per heavy atom. The molecule has 0 aliphatic heterocycles. The van der Waals surface area contributed by atoms with Crippen LogP contribution in [0.25, 0.3) is 5.69 Å². The molecule has 0 bridgehead atoms. The summed E-state index contributed by atoms with van der Waals surface area (Å²) < 4.78 is 65.3. The summed E-state index contributed by atoms with van der Waals surface area (Å²) in [7, 11) is -3.54. The number of sulfonamides is 1. The maximum atomic E-state index is 13.1. The number of Topliss-reactive ketones (excluding diaryl/α,β-unsaturated/α-hetero) is 1. The van der Waals surface area contributed by atoms with Crippen LogP contribution in [0.5, 0.6) is 0 Å². The molecule has 0 unspecified atom stereocenters. The Morgan fingerprint density at radius 2 is 1.64 bits per heavy atom. The number of benzene rings is 2. The lowest BCUT2D eigenvalue weighted by Crippen LogP contribution is -2.24.